The molecule has 6 heteroatoms. The van der Waals surface area contributed by atoms with Gasteiger partial charge >= 0.3 is 0 Å². The number of rotatable bonds is 4. The Labute approximate surface area is 143 Å². The summed E-state index contributed by atoms with van der Waals surface area (Å²) in [5.41, 5.74) is 2.39. The Hall–Kier alpha value is -3.41. The first-order valence-corrected chi connectivity index (χ1v) is 7.75. The van der Waals surface area contributed by atoms with E-state index in [0.29, 0.717) is 34.3 Å². The molecule has 0 spiro atoms. The average Bonchev–Trinajstić information content (AvgIpc) is 3.02. The minimum Gasteiger partial charge on any atom is -0.497 e. The fraction of sp³-hybridized carbons (Fsp3) is 0.0526. The van der Waals surface area contributed by atoms with Crippen LogP contribution in [0.2, 0.25) is 0 Å². The van der Waals surface area contributed by atoms with Crippen LogP contribution in [-0.2, 0) is 0 Å². The van der Waals surface area contributed by atoms with Crippen molar-refractivity contribution < 1.29 is 9.13 Å². The number of benzene rings is 1. The molecular formula is C19H15FN4O. The largest absolute Gasteiger partial charge is 0.497 e. The summed E-state index contributed by atoms with van der Waals surface area (Å²) in [6.07, 6.45) is 3.53. The van der Waals surface area contributed by atoms with Gasteiger partial charge in [0.15, 0.2) is 0 Å². The third-order valence-corrected chi connectivity index (χ3v) is 3.87. The van der Waals surface area contributed by atoms with Crippen molar-refractivity contribution in [3.05, 3.63) is 72.8 Å². The Morgan fingerprint density at radius 3 is 2.68 bits per heavy atom. The monoisotopic (exact) mass is 334 g/mol. The number of hydrogen-bond acceptors (Lipinski definition) is 4. The van der Waals surface area contributed by atoms with Gasteiger partial charge in [0.05, 0.1) is 18.5 Å². The lowest BCUT2D eigenvalue weighted by molar-refractivity contribution is 0.414. The van der Waals surface area contributed by atoms with Crippen LogP contribution in [0.25, 0.3) is 17.0 Å². The number of imidazole rings is 1. The van der Waals surface area contributed by atoms with E-state index in [-0.39, 0.29) is 5.82 Å². The van der Waals surface area contributed by atoms with Crippen molar-refractivity contribution in [2.75, 3.05) is 12.4 Å². The minimum atomic E-state index is -0.335. The van der Waals surface area contributed by atoms with Crippen LogP contribution >= 0.6 is 0 Å². The average molecular weight is 334 g/mol. The molecule has 4 rings (SSSR count). The van der Waals surface area contributed by atoms with Crippen molar-refractivity contribution >= 4 is 17.2 Å². The fourth-order valence-electron chi connectivity index (χ4n) is 2.64. The highest BCUT2D eigenvalue weighted by molar-refractivity contribution is 5.78. The molecule has 0 fully saturated rings. The zero-order valence-electron chi connectivity index (χ0n) is 13.5. The number of nitrogens with one attached hydrogen (secondary N) is 1. The van der Waals surface area contributed by atoms with Gasteiger partial charge in [0.2, 0.25) is 0 Å². The Morgan fingerprint density at radius 2 is 1.92 bits per heavy atom. The molecule has 0 saturated carbocycles. The van der Waals surface area contributed by atoms with E-state index < -0.39 is 0 Å². The number of methoxy groups -OCH3 is 1. The van der Waals surface area contributed by atoms with Crippen molar-refractivity contribution in [3.63, 3.8) is 0 Å². The molecule has 3 heterocycles. The summed E-state index contributed by atoms with van der Waals surface area (Å²) in [4.78, 5) is 9.02. The molecule has 0 amide bonds. The van der Waals surface area contributed by atoms with Crippen LogP contribution in [0.5, 0.6) is 5.75 Å². The summed E-state index contributed by atoms with van der Waals surface area (Å²) in [5, 5.41) is 3.14. The van der Waals surface area contributed by atoms with E-state index in [9.17, 15) is 4.39 Å². The highest BCUT2D eigenvalue weighted by Crippen LogP contribution is 2.31. The molecule has 0 unspecified atom stereocenters. The second-order valence-electron chi connectivity index (χ2n) is 5.42. The van der Waals surface area contributed by atoms with Gasteiger partial charge in [-0.25, -0.2) is 9.37 Å². The van der Waals surface area contributed by atoms with Gasteiger partial charge in [-0.05, 0) is 30.3 Å². The SMILES string of the molecule is COc1ccn2c(Nc3ccccc3F)c(-c3ccccn3)nc2c1. The molecule has 124 valence electrons. The topological polar surface area (TPSA) is 51.5 Å². The maximum absolute atomic E-state index is 14.1. The quantitative estimate of drug-likeness (QED) is 0.605. The highest BCUT2D eigenvalue weighted by atomic mass is 19.1. The number of ether oxygens (including phenoxy) is 1. The lowest BCUT2D eigenvalue weighted by Crippen LogP contribution is -1.99. The van der Waals surface area contributed by atoms with Gasteiger partial charge in [-0.15, -0.1) is 0 Å². The van der Waals surface area contributed by atoms with Crippen molar-refractivity contribution in [1.82, 2.24) is 14.4 Å². The molecule has 25 heavy (non-hydrogen) atoms. The molecule has 1 N–H and O–H groups in total. The van der Waals surface area contributed by atoms with Gasteiger partial charge < -0.3 is 10.1 Å². The van der Waals surface area contributed by atoms with Crippen LogP contribution in [0.1, 0.15) is 0 Å². The van der Waals surface area contributed by atoms with Gasteiger partial charge in [-0.1, -0.05) is 18.2 Å². The summed E-state index contributed by atoms with van der Waals surface area (Å²) in [6, 6.07) is 15.8. The van der Waals surface area contributed by atoms with Gasteiger partial charge in [-0.3, -0.25) is 9.38 Å². The Bertz CT molecular complexity index is 1030. The van der Waals surface area contributed by atoms with Gasteiger partial charge in [0.1, 0.15) is 28.7 Å². The van der Waals surface area contributed by atoms with Crippen molar-refractivity contribution in [2.24, 2.45) is 0 Å². The van der Waals surface area contributed by atoms with Crippen LogP contribution in [0.15, 0.2) is 67.0 Å². The number of pyridine rings is 2. The molecular weight excluding hydrogens is 319 g/mol. The number of hydrogen-bond donors (Lipinski definition) is 1. The summed E-state index contributed by atoms with van der Waals surface area (Å²) in [7, 11) is 1.60. The number of aromatic nitrogens is 3. The van der Waals surface area contributed by atoms with E-state index >= 15 is 0 Å². The zero-order valence-corrected chi connectivity index (χ0v) is 13.5. The van der Waals surface area contributed by atoms with Gasteiger partial charge in [0.25, 0.3) is 0 Å². The Kier molecular flexibility index (Phi) is 3.78. The van der Waals surface area contributed by atoms with E-state index in [1.54, 1.807) is 31.5 Å². The third kappa shape index (κ3) is 2.78. The molecule has 0 atom stereocenters. The number of fused-ring (bicyclic) bond motifs is 1. The number of halogens is 1. The number of nitrogens with zero attached hydrogens (tertiary/aromatic N) is 3. The van der Waals surface area contributed by atoms with E-state index in [0.717, 1.165) is 0 Å². The molecule has 0 aliphatic rings. The first kappa shape index (κ1) is 15.1. The van der Waals surface area contributed by atoms with Gasteiger partial charge in [-0.2, -0.15) is 0 Å². The molecule has 4 aromatic rings. The lowest BCUT2D eigenvalue weighted by Gasteiger charge is -2.09. The van der Waals surface area contributed by atoms with Crippen molar-refractivity contribution in [2.45, 2.75) is 0 Å². The maximum atomic E-state index is 14.1. The molecule has 0 aliphatic carbocycles. The molecule has 0 radical (unpaired) electrons. The van der Waals surface area contributed by atoms with Crippen LogP contribution in [0.4, 0.5) is 15.9 Å². The second kappa shape index (κ2) is 6.24. The molecule has 3 aromatic heterocycles. The van der Waals surface area contributed by atoms with E-state index in [2.05, 4.69) is 15.3 Å². The minimum absolute atomic E-state index is 0.335. The molecule has 0 bridgehead atoms. The third-order valence-electron chi connectivity index (χ3n) is 3.87. The molecule has 1 aromatic carbocycles. The van der Waals surface area contributed by atoms with E-state index in [1.165, 1.54) is 6.07 Å². The molecule has 0 aliphatic heterocycles. The highest BCUT2D eigenvalue weighted by Gasteiger charge is 2.17. The van der Waals surface area contributed by atoms with Crippen LogP contribution < -0.4 is 10.1 Å². The Morgan fingerprint density at radius 1 is 1.08 bits per heavy atom. The predicted molar refractivity (Wildman–Crippen MR) is 94.7 cm³/mol. The summed E-state index contributed by atoms with van der Waals surface area (Å²) >= 11 is 0. The molecule has 0 saturated heterocycles. The molecule has 5 nitrogen and oxygen atoms in total. The van der Waals surface area contributed by atoms with Crippen LogP contribution in [0.3, 0.4) is 0 Å². The van der Waals surface area contributed by atoms with E-state index in [4.69, 9.17) is 4.74 Å². The first-order valence-electron chi connectivity index (χ1n) is 7.75. The summed E-state index contributed by atoms with van der Waals surface area (Å²) in [6.45, 7) is 0. The lowest BCUT2D eigenvalue weighted by atomic mass is 10.2. The number of para-hydroxylation sites is 1. The standard InChI is InChI=1S/C19H15FN4O/c1-25-13-9-11-24-17(12-13)23-18(16-8-4-5-10-21-16)19(24)22-15-7-3-2-6-14(15)20/h2-12,22H,1H3. The van der Waals surface area contributed by atoms with Crippen LogP contribution in [-0.4, -0.2) is 21.5 Å². The zero-order chi connectivity index (χ0) is 17.2. The van der Waals surface area contributed by atoms with E-state index in [1.807, 2.05) is 40.9 Å². The second-order valence-corrected chi connectivity index (χ2v) is 5.42. The fourth-order valence-corrected chi connectivity index (χ4v) is 2.64. The number of anilines is 2. The summed E-state index contributed by atoms with van der Waals surface area (Å²) in [5.74, 6) is 1.00. The normalized spacial score (nSPS) is 10.8. The van der Waals surface area contributed by atoms with Crippen molar-refractivity contribution in [1.29, 1.82) is 0 Å². The summed E-state index contributed by atoms with van der Waals surface area (Å²) < 4.78 is 21.2. The maximum Gasteiger partial charge on any atom is 0.146 e. The van der Waals surface area contributed by atoms with Gasteiger partial charge in [0, 0.05) is 18.5 Å². The first-order chi connectivity index (χ1) is 12.3. The predicted octanol–water partition coefficient (Wildman–Crippen LogP) is 4.29. The van der Waals surface area contributed by atoms with Crippen molar-refractivity contribution in [3.8, 4) is 17.1 Å². The smallest absolute Gasteiger partial charge is 0.146 e. The van der Waals surface area contributed by atoms with Crippen LogP contribution in [0, 0.1) is 5.82 Å². The Balaban J connectivity index is 1.92.